The Morgan fingerprint density at radius 3 is 2.17 bits per heavy atom. The number of benzene rings is 3. The number of anilines is 1. The number of nitrogens with zero attached hydrogens (tertiary/aromatic N) is 2. The molecule has 3 rings (SSSR count). The summed E-state index contributed by atoms with van der Waals surface area (Å²) >= 11 is 0. The predicted octanol–water partition coefficient (Wildman–Crippen LogP) is 4.53. The number of para-hydroxylation sites is 1. The van der Waals surface area contributed by atoms with E-state index in [1.165, 1.54) is 32.3 Å². The van der Waals surface area contributed by atoms with Gasteiger partial charge in [-0.15, -0.1) is 0 Å². The largest absolute Gasteiger partial charge is 0.497 e. The van der Waals surface area contributed by atoms with Crippen LogP contribution in [-0.2, 0) is 16.8 Å². The average molecular weight is 500 g/mol. The van der Waals surface area contributed by atoms with Gasteiger partial charge in [-0.25, -0.2) is 4.39 Å². The number of methoxy groups -OCH3 is 1. The van der Waals surface area contributed by atoms with E-state index in [0.717, 1.165) is 19.9 Å². The van der Waals surface area contributed by atoms with Crippen LogP contribution in [0.1, 0.15) is 40.9 Å². The predicted molar refractivity (Wildman–Crippen MR) is 135 cm³/mol. The minimum absolute atomic E-state index is 0.0479. The Morgan fingerprint density at radius 1 is 1.00 bits per heavy atom. The van der Waals surface area contributed by atoms with Gasteiger partial charge < -0.3 is 10.1 Å². The molecule has 0 radical (unpaired) electrons. The smallest absolute Gasteiger partial charge is 0.303 e. The molecule has 0 aromatic heterocycles. The molecule has 0 aliphatic rings. The fourth-order valence-corrected chi connectivity index (χ4v) is 4.67. The van der Waals surface area contributed by atoms with Gasteiger partial charge in [0.15, 0.2) is 0 Å². The fourth-order valence-electron chi connectivity index (χ4n) is 3.57. The fraction of sp³-hybridized carbons (Fsp3) is 0.269. The first kappa shape index (κ1) is 26.2. The van der Waals surface area contributed by atoms with Crippen LogP contribution in [0.2, 0.25) is 0 Å². The van der Waals surface area contributed by atoms with E-state index in [9.17, 15) is 17.6 Å². The second kappa shape index (κ2) is 11.3. The molecule has 1 unspecified atom stereocenters. The molecule has 1 atom stereocenters. The van der Waals surface area contributed by atoms with Crippen LogP contribution in [0, 0.1) is 5.82 Å². The van der Waals surface area contributed by atoms with Crippen molar-refractivity contribution in [2.24, 2.45) is 0 Å². The van der Waals surface area contributed by atoms with E-state index >= 15 is 0 Å². The molecule has 7 nitrogen and oxygen atoms in total. The Balaban J connectivity index is 1.78. The lowest BCUT2D eigenvalue weighted by atomic mass is 10.0. The number of hydrogen-bond acceptors (Lipinski definition) is 4. The zero-order valence-electron chi connectivity index (χ0n) is 20.2. The third-order valence-electron chi connectivity index (χ3n) is 5.64. The lowest BCUT2D eigenvalue weighted by Crippen LogP contribution is -2.40. The highest BCUT2D eigenvalue weighted by molar-refractivity contribution is 7.90. The number of halogens is 1. The standard InChI is InChI=1S/C26H30FN3O4S/c1-5-24(20-14-16-22(34-4)17-15-20)28-26(31)21-12-10-19(11-13-21)18-30(35(32,33)29(2)3)25-9-7-6-8-23(25)27/h6-17,24H,5,18H2,1-4H3,(H,28,31). The molecule has 1 amide bonds. The van der Waals surface area contributed by atoms with Gasteiger partial charge in [0.1, 0.15) is 11.6 Å². The number of carbonyl (C=O) groups excluding carboxylic acids is 1. The molecule has 0 saturated heterocycles. The topological polar surface area (TPSA) is 79.0 Å². The molecule has 9 heteroatoms. The second-order valence-electron chi connectivity index (χ2n) is 8.15. The maximum atomic E-state index is 14.5. The van der Waals surface area contributed by atoms with Crippen LogP contribution >= 0.6 is 0 Å². The molecular formula is C26H30FN3O4S. The van der Waals surface area contributed by atoms with Crippen LogP contribution < -0.4 is 14.4 Å². The van der Waals surface area contributed by atoms with E-state index in [2.05, 4.69) is 5.32 Å². The lowest BCUT2D eigenvalue weighted by Gasteiger charge is -2.27. The Hall–Kier alpha value is -3.43. The van der Waals surface area contributed by atoms with Gasteiger partial charge in [-0.1, -0.05) is 43.3 Å². The maximum absolute atomic E-state index is 14.5. The van der Waals surface area contributed by atoms with E-state index in [-0.39, 0.29) is 24.2 Å². The quantitative estimate of drug-likeness (QED) is 0.445. The van der Waals surface area contributed by atoms with Crippen LogP contribution in [0.3, 0.4) is 0 Å². The van der Waals surface area contributed by atoms with Gasteiger partial charge in [0.25, 0.3) is 5.91 Å². The van der Waals surface area contributed by atoms with E-state index in [4.69, 9.17) is 4.74 Å². The first-order valence-corrected chi connectivity index (χ1v) is 12.6. The lowest BCUT2D eigenvalue weighted by molar-refractivity contribution is 0.0935. The van der Waals surface area contributed by atoms with Gasteiger partial charge >= 0.3 is 10.2 Å². The SMILES string of the molecule is CCC(NC(=O)c1ccc(CN(c2ccccc2F)S(=O)(=O)N(C)C)cc1)c1ccc(OC)cc1. The molecule has 0 spiro atoms. The highest BCUT2D eigenvalue weighted by Gasteiger charge is 2.27. The van der Waals surface area contributed by atoms with Crippen molar-refractivity contribution in [3.8, 4) is 5.75 Å². The van der Waals surface area contributed by atoms with Crippen molar-refractivity contribution in [2.45, 2.75) is 25.9 Å². The van der Waals surface area contributed by atoms with E-state index < -0.39 is 16.0 Å². The molecule has 0 aliphatic heterocycles. The van der Waals surface area contributed by atoms with Gasteiger partial charge in [0.05, 0.1) is 25.4 Å². The summed E-state index contributed by atoms with van der Waals surface area (Å²) in [6.45, 7) is 1.90. The highest BCUT2D eigenvalue weighted by atomic mass is 32.2. The van der Waals surface area contributed by atoms with Crippen LogP contribution in [-0.4, -0.2) is 39.8 Å². The molecule has 0 saturated carbocycles. The zero-order valence-corrected chi connectivity index (χ0v) is 21.0. The molecule has 186 valence electrons. The van der Waals surface area contributed by atoms with Crippen LogP contribution in [0.4, 0.5) is 10.1 Å². The van der Waals surface area contributed by atoms with E-state index in [1.54, 1.807) is 37.4 Å². The van der Waals surface area contributed by atoms with Crippen LogP contribution in [0.25, 0.3) is 0 Å². The minimum Gasteiger partial charge on any atom is -0.497 e. The van der Waals surface area contributed by atoms with Crippen LogP contribution in [0.5, 0.6) is 5.75 Å². The van der Waals surface area contributed by atoms with Crippen molar-refractivity contribution in [2.75, 3.05) is 25.5 Å². The monoisotopic (exact) mass is 499 g/mol. The summed E-state index contributed by atoms with van der Waals surface area (Å²) in [7, 11) is 0.430. The summed E-state index contributed by atoms with van der Waals surface area (Å²) in [5.74, 6) is -0.143. The van der Waals surface area contributed by atoms with Crippen molar-refractivity contribution in [3.63, 3.8) is 0 Å². The van der Waals surface area contributed by atoms with Crippen LogP contribution in [0.15, 0.2) is 72.8 Å². The molecule has 0 heterocycles. The van der Waals surface area contributed by atoms with E-state index in [1.807, 2.05) is 31.2 Å². The summed E-state index contributed by atoms with van der Waals surface area (Å²) in [6, 6.07) is 19.7. The van der Waals surface area contributed by atoms with Gasteiger partial charge in [-0.3, -0.25) is 9.10 Å². The molecule has 3 aromatic rings. The van der Waals surface area contributed by atoms with E-state index in [0.29, 0.717) is 17.5 Å². The Bertz CT molecular complexity index is 1250. The molecule has 1 N–H and O–H groups in total. The van der Waals surface area contributed by atoms with Gasteiger partial charge in [0.2, 0.25) is 0 Å². The second-order valence-corrected chi connectivity index (χ2v) is 10.2. The normalized spacial score (nSPS) is 12.3. The first-order chi connectivity index (χ1) is 16.7. The molecule has 0 fully saturated rings. The summed E-state index contributed by atoms with van der Waals surface area (Å²) in [5.41, 5.74) is 1.96. The van der Waals surface area contributed by atoms with Crippen molar-refractivity contribution in [1.82, 2.24) is 9.62 Å². The Labute approximate surface area is 206 Å². The van der Waals surface area contributed by atoms with Gasteiger partial charge in [-0.05, 0) is 53.9 Å². The highest BCUT2D eigenvalue weighted by Crippen LogP contribution is 2.26. The van der Waals surface area contributed by atoms with Gasteiger partial charge in [-0.2, -0.15) is 12.7 Å². The first-order valence-electron chi connectivity index (χ1n) is 11.2. The molecular weight excluding hydrogens is 469 g/mol. The summed E-state index contributed by atoms with van der Waals surface area (Å²) in [5, 5.41) is 3.03. The number of rotatable bonds is 10. The molecule has 35 heavy (non-hydrogen) atoms. The maximum Gasteiger partial charge on any atom is 0.303 e. The number of carbonyl (C=O) groups is 1. The van der Waals surface area contributed by atoms with Crippen molar-refractivity contribution >= 4 is 21.8 Å². The summed E-state index contributed by atoms with van der Waals surface area (Å²) < 4.78 is 47.5. The van der Waals surface area contributed by atoms with Crippen molar-refractivity contribution in [1.29, 1.82) is 0 Å². The van der Waals surface area contributed by atoms with Gasteiger partial charge in [0, 0.05) is 19.7 Å². The minimum atomic E-state index is -3.96. The third kappa shape index (κ3) is 6.17. The number of nitrogens with one attached hydrogen (secondary N) is 1. The molecule has 0 bridgehead atoms. The number of amides is 1. The molecule has 3 aromatic carbocycles. The molecule has 0 aliphatic carbocycles. The Kier molecular flexibility index (Phi) is 8.48. The zero-order chi connectivity index (χ0) is 25.6. The average Bonchev–Trinajstić information content (AvgIpc) is 2.86. The number of ether oxygens (including phenoxy) is 1. The summed E-state index contributed by atoms with van der Waals surface area (Å²) in [6.07, 6.45) is 0.705. The Morgan fingerprint density at radius 2 is 1.63 bits per heavy atom. The number of hydrogen-bond donors (Lipinski definition) is 1. The van der Waals surface area contributed by atoms with Crippen molar-refractivity contribution < 1.29 is 22.3 Å². The van der Waals surface area contributed by atoms with Crippen molar-refractivity contribution in [3.05, 3.63) is 95.3 Å². The summed E-state index contributed by atoms with van der Waals surface area (Å²) in [4.78, 5) is 12.9. The third-order valence-corrected chi connectivity index (χ3v) is 7.44.